The number of aldehydes is 1. The Morgan fingerprint density at radius 3 is 2.47 bits per heavy atom. The van der Waals surface area contributed by atoms with Crippen LogP contribution in [0.4, 0.5) is 0 Å². The molecule has 3 nitrogen and oxygen atoms in total. The number of amides is 1. The minimum atomic E-state index is -0.340. The molecule has 182 valence electrons. The summed E-state index contributed by atoms with van der Waals surface area (Å²) in [4.78, 5) is 23.4. The van der Waals surface area contributed by atoms with Crippen LogP contribution in [0.25, 0.3) is 0 Å². The van der Waals surface area contributed by atoms with E-state index >= 15 is 0 Å². The van der Waals surface area contributed by atoms with Gasteiger partial charge in [0.15, 0.2) is 0 Å². The van der Waals surface area contributed by atoms with Crippen molar-refractivity contribution in [2.75, 3.05) is 0 Å². The largest absolute Gasteiger partial charge is 0.346 e. The third-order valence-corrected chi connectivity index (χ3v) is 11.2. The summed E-state index contributed by atoms with van der Waals surface area (Å²) in [5.74, 6) is 5.01. The summed E-state index contributed by atoms with van der Waals surface area (Å²) in [7, 11) is 0. The maximum atomic E-state index is 12.2. The quantitative estimate of drug-likeness (QED) is 0.326. The first-order valence-corrected chi connectivity index (χ1v) is 14.0. The Labute approximate surface area is 197 Å². The van der Waals surface area contributed by atoms with Crippen molar-refractivity contribution in [3.05, 3.63) is 0 Å². The summed E-state index contributed by atoms with van der Waals surface area (Å²) in [6.45, 7) is 9.28. The maximum absolute atomic E-state index is 12.2. The molecule has 4 fully saturated rings. The molecule has 1 amide bonds. The summed E-state index contributed by atoms with van der Waals surface area (Å²) in [6.07, 6.45) is 19.6. The zero-order valence-corrected chi connectivity index (χ0v) is 21.3. The molecular formula is C29H49NO2. The Kier molecular flexibility index (Phi) is 7.42. The lowest BCUT2D eigenvalue weighted by atomic mass is 9.45. The Balaban J connectivity index is 1.29. The van der Waals surface area contributed by atoms with Crippen LogP contribution in [0.5, 0.6) is 0 Å². The number of carbonyl (C=O) groups excluding carboxylic acids is 2. The van der Waals surface area contributed by atoms with Gasteiger partial charge in [-0.05, 0) is 111 Å². The van der Waals surface area contributed by atoms with E-state index in [9.17, 15) is 9.59 Å². The number of hydrogen-bond donors (Lipinski definition) is 1. The van der Waals surface area contributed by atoms with Crippen LogP contribution in [-0.4, -0.2) is 18.2 Å². The van der Waals surface area contributed by atoms with E-state index < -0.39 is 0 Å². The van der Waals surface area contributed by atoms with E-state index in [2.05, 4.69) is 19.2 Å². The number of hydrogen-bond acceptors (Lipinski definition) is 2. The number of nitrogens with one attached hydrogen (secondary N) is 1. The predicted octanol–water partition coefficient (Wildman–Crippen LogP) is 6.94. The molecule has 0 aliphatic heterocycles. The smallest absolute Gasteiger partial charge is 0.220 e. The summed E-state index contributed by atoms with van der Waals surface area (Å²) < 4.78 is 0. The van der Waals surface area contributed by atoms with Crippen LogP contribution in [0.1, 0.15) is 118 Å². The van der Waals surface area contributed by atoms with E-state index in [4.69, 9.17) is 0 Å². The fraction of sp³-hybridized carbons (Fsp3) is 0.931. The van der Waals surface area contributed by atoms with Crippen LogP contribution < -0.4 is 5.32 Å². The summed E-state index contributed by atoms with van der Waals surface area (Å²) in [5, 5.41) is 2.90. The molecule has 4 saturated carbocycles. The summed E-state index contributed by atoms with van der Waals surface area (Å²) in [6, 6.07) is -0.340. The molecule has 3 heteroatoms. The van der Waals surface area contributed by atoms with Crippen molar-refractivity contribution in [2.45, 2.75) is 124 Å². The predicted molar refractivity (Wildman–Crippen MR) is 131 cm³/mol. The van der Waals surface area contributed by atoms with Crippen molar-refractivity contribution in [2.24, 2.45) is 46.3 Å². The average molecular weight is 444 g/mol. The van der Waals surface area contributed by atoms with E-state index in [0.717, 1.165) is 48.7 Å². The highest BCUT2D eigenvalue weighted by atomic mass is 16.2. The van der Waals surface area contributed by atoms with Gasteiger partial charge < -0.3 is 10.1 Å². The highest BCUT2D eigenvalue weighted by Crippen LogP contribution is 2.67. The molecule has 0 aromatic heterocycles. The average Bonchev–Trinajstić information content (AvgIpc) is 3.10. The number of fused-ring (bicyclic) bond motifs is 5. The van der Waals surface area contributed by atoms with Gasteiger partial charge in [0.2, 0.25) is 5.91 Å². The first-order valence-electron chi connectivity index (χ1n) is 14.0. The first-order chi connectivity index (χ1) is 15.3. The molecule has 8 atom stereocenters. The van der Waals surface area contributed by atoms with E-state index in [1.165, 1.54) is 70.6 Å². The zero-order chi connectivity index (χ0) is 22.9. The lowest BCUT2D eigenvalue weighted by molar-refractivity contribution is -0.124. The van der Waals surface area contributed by atoms with Crippen molar-refractivity contribution in [1.82, 2.24) is 5.32 Å². The minimum absolute atomic E-state index is 0.0457. The molecular weight excluding hydrogens is 394 g/mol. The number of rotatable bonds is 8. The molecule has 0 spiro atoms. The lowest BCUT2D eigenvalue weighted by Gasteiger charge is -2.60. The topological polar surface area (TPSA) is 46.2 Å². The van der Waals surface area contributed by atoms with Gasteiger partial charge in [0.25, 0.3) is 0 Å². The maximum Gasteiger partial charge on any atom is 0.220 e. The van der Waals surface area contributed by atoms with Gasteiger partial charge in [-0.25, -0.2) is 0 Å². The van der Waals surface area contributed by atoms with E-state index in [1.54, 1.807) is 0 Å². The van der Waals surface area contributed by atoms with Gasteiger partial charge in [-0.2, -0.15) is 0 Å². The molecule has 4 aliphatic carbocycles. The van der Waals surface area contributed by atoms with Crippen LogP contribution in [0.3, 0.4) is 0 Å². The SMILES string of the molecule is CC(C)C(C=O)NC(=O)CCCCC1CCC2C3CCC4CCCCC4(C)C3CCC12C. The van der Waals surface area contributed by atoms with Gasteiger partial charge in [-0.15, -0.1) is 0 Å². The standard InChI is InChI=1S/C29H49NO2/c1-20(2)26(19-31)30-27(32)11-6-5-9-22-13-15-24-23-14-12-21-10-7-8-17-28(21,3)25(23)16-18-29(22,24)4/h19-26H,5-18H2,1-4H3,(H,30,32). The Bertz CT molecular complexity index is 674. The van der Waals surface area contributed by atoms with Gasteiger partial charge in [0.05, 0.1) is 6.04 Å². The molecule has 4 aliphatic rings. The molecule has 0 saturated heterocycles. The van der Waals surface area contributed by atoms with E-state index in [-0.39, 0.29) is 17.9 Å². The van der Waals surface area contributed by atoms with Gasteiger partial charge in [0, 0.05) is 6.42 Å². The van der Waals surface area contributed by atoms with E-state index in [1.807, 2.05) is 13.8 Å². The van der Waals surface area contributed by atoms with Crippen molar-refractivity contribution >= 4 is 12.2 Å². The van der Waals surface area contributed by atoms with Crippen LogP contribution >= 0.6 is 0 Å². The summed E-state index contributed by atoms with van der Waals surface area (Å²) in [5.41, 5.74) is 1.19. The van der Waals surface area contributed by atoms with Crippen molar-refractivity contribution in [1.29, 1.82) is 0 Å². The second-order valence-corrected chi connectivity index (χ2v) is 12.9. The molecule has 0 aromatic carbocycles. The van der Waals surface area contributed by atoms with Crippen LogP contribution in [-0.2, 0) is 9.59 Å². The Hall–Kier alpha value is -0.860. The van der Waals surface area contributed by atoms with Crippen molar-refractivity contribution in [3.8, 4) is 0 Å². The molecule has 8 unspecified atom stereocenters. The fourth-order valence-electron chi connectivity index (χ4n) is 9.17. The minimum Gasteiger partial charge on any atom is -0.346 e. The van der Waals surface area contributed by atoms with Crippen LogP contribution in [0.2, 0.25) is 0 Å². The van der Waals surface area contributed by atoms with Gasteiger partial charge >= 0.3 is 0 Å². The van der Waals surface area contributed by atoms with E-state index in [0.29, 0.717) is 17.3 Å². The normalized spacial score (nSPS) is 42.0. The van der Waals surface area contributed by atoms with Crippen molar-refractivity contribution in [3.63, 3.8) is 0 Å². The second kappa shape index (κ2) is 9.79. The fourth-order valence-corrected chi connectivity index (χ4v) is 9.17. The third-order valence-electron chi connectivity index (χ3n) is 11.2. The van der Waals surface area contributed by atoms with Gasteiger partial charge in [-0.3, -0.25) is 4.79 Å². The zero-order valence-electron chi connectivity index (χ0n) is 21.3. The second-order valence-electron chi connectivity index (χ2n) is 12.9. The molecule has 32 heavy (non-hydrogen) atoms. The van der Waals surface area contributed by atoms with Crippen molar-refractivity contribution < 1.29 is 9.59 Å². The lowest BCUT2D eigenvalue weighted by Crippen LogP contribution is -2.52. The number of unbranched alkanes of at least 4 members (excludes halogenated alkanes) is 1. The highest BCUT2D eigenvalue weighted by molar-refractivity contribution is 5.79. The molecule has 0 radical (unpaired) electrons. The molecule has 0 heterocycles. The third kappa shape index (κ3) is 4.43. The molecule has 1 N–H and O–H groups in total. The molecule has 4 rings (SSSR count). The van der Waals surface area contributed by atoms with Gasteiger partial charge in [-0.1, -0.05) is 47.0 Å². The molecule has 0 bridgehead atoms. The monoisotopic (exact) mass is 443 g/mol. The van der Waals surface area contributed by atoms with Crippen LogP contribution in [0, 0.1) is 46.3 Å². The first kappa shape index (κ1) is 24.3. The highest BCUT2D eigenvalue weighted by Gasteiger charge is 2.59. The Morgan fingerprint density at radius 1 is 0.938 bits per heavy atom. The Morgan fingerprint density at radius 2 is 1.72 bits per heavy atom. The summed E-state index contributed by atoms with van der Waals surface area (Å²) >= 11 is 0. The van der Waals surface area contributed by atoms with Crippen LogP contribution in [0.15, 0.2) is 0 Å². The number of carbonyl (C=O) groups is 2. The van der Waals surface area contributed by atoms with Gasteiger partial charge in [0.1, 0.15) is 6.29 Å². The molecule has 0 aromatic rings.